The molecule has 7 heteroatoms. The zero-order chi connectivity index (χ0) is 15.9. The van der Waals surface area contributed by atoms with Gasteiger partial charge in [-0.25, -0.2) is 0 Å². The number of hydrogen-bond acceptors (Lipinski definition) is 5. The topological polar surface area (TPSA) is 93.9 Å². The highest BCUT2D eigenvalue weighted by molar-refractivity contribution is 5.95. The molecule has 1 saturated heterocycles. The Labute approximate surface area is 129 Å². The molecular formula is C15H21N3O4. The number of carbonyl (C=O) groups excluding carboxylic acids is 2. The number of carbonyl (C=O) groups is 2. The number of rotatable bonds is 5. The van der Waals surface area contributed by atoms with Gasteiger partial charge < -0.3 is 25.4 Å². The number of morpholine rings is 1. The second-order valence-corrected chi connectivity index (χ2v) is 4.99. The first-order chi connectivity index (χ1) is 10.6. The Kier molecular flexibility index (Phi) is 5.60. The number of anilines is 2. The van der Waals surface area contributed by atoms with Gasteiger partial charge in [0, 0.05) is 32.0 Å². The molecule has 22 heavy (non-hydrogen) atoms. The van der Waals surface area contributed by atoms with Crippen molar-refractivity contribution in [1.82, 2.24) is 4.90 Å². The average Bonchev–Trinajstić information content (AvgIpc) is 2.55. The highest BCUT2D eigenvalue weighted by Gasteiger charge is 2.17. The largest absolute Gasteiger partial charge is 0.497 e. The number of nitrogen functional groups attached to an aromatic ring is 1. The number of nitrogens with two attached hydrogens (primary N) is 1. The summed E-state index contributed by atoms with van der Waals surface area (Å²) in [5.41, 5.74) is 6.75. The van der Waals surface area contributed by atoms with Crippen LogP contribution in [0, 0.1) is 0 Å². The summed E-state index contributed by atoms with van der Waals surface area (Å²) in [6.45, 7) is 2.28. The number of hydrogen-bond donors (Lipinski definition) is 2. The summed E-state index contributed by atoms with van der Waals surface area (Å²) >= 11 is 0. The fourth-order valence-corrected chi connectivity index (χ4v) is 2.17. The number of nitrogens with zero attached hydrogens (tertiary/aromatic N) is 1. The molecular weight excluding hydrogens is 286 g/mol. The summed E-state index contributed by atoms with van der Waals surface area (Å²) in [5, 5.41) is 2.70. The molecule has 2 rings (SSSR count). The van der Waals surface area contributed by atoms with Crippen LogP contribution in [0.4, 0.5) is 11.4 Å². The normalized spacial score (nSPS) is 14.5. The predicted octanol–water partition coefficient (Wildman–Crippen LogP) is 0.855. The smallest absolute Gasteiger partial charge is 0.224 e. The molecule has 7 nitrogen and oxygen atoms in total. The van der Waals surface area contributed by atoms with Crippen molar-refractivity contribution in [3.05, 3.63) is 18.2 Å². The van der Waals surface area contributed by atoms with Gasteiger partial charge in [-0.2, -0.15) is 0 Å². The molecule has 1 fully saturated rings. The molecule has 1 aliphatic rings. The van der Waals surface area contributed by atoms with Crippen molar-refractivity contribution in [2.75, 3.05) is 44.5 Å². The van der Waals surface area contributed by atoms with Gasteiger partial charge in [0.05, 0.1) is 31.7 Å². The Morgan fingerprint density at radius 3 is 2.73 bits per heavy atom. The zero-order valence-electron chi connectivity index (χ0n) is 12.6. The molecule has 1 aliphatic heterocycles. The van der Waals surface area contributed by atoms with E-state index in [2.05, 4.69) is 5.32 Å². The molecule has 1 aromatic rings. The van der Waals surface area contributed by atoms with E-state index in [0.717, 1.165) is 0 Å². The third-order valence-corrected chi connectivity index (χ3v) is 3.46. The minimum Gasteiger partial charge on any atom is -0.497 e. The van der Waals surface area contributed by atoms with Crippen LogP contribution in [0.5, 0.6) is 5.75 Å². The number of benzene rings is 1. The van der Waals surface area contributed by atoms with Crippen molar-refractivity contribution in [3.8, 4) is 5.75 Å². The minimum absolute atomic E-state index is 0.0305. The Bertz CT molecular complexity index is 542. The Balaban J connectivity index is 1.83. The Morgan fingerprint density at radius 2 is 2.05 bits per heavy atom. The molecule has 3 N–H and O–H groups in total. The van der Waals surface area contributed by atoms with Crippen LogP contribution in [0.15, 0.2) is 18.2 Å². The molecule has 2 amide bonds. The number of nitrogens with one attached hydrogen (secondary N) is 1. The van der Waals surface area contributed by atoms with Crippen LogP contribution in [0.3, 0.4) is 0 Å². The van der Waals surface area contributed by atoms with Gasteiger partial charge in [0.1, 0.15) is 5.75 Å². The molecule has 0 atom stereocenters. The molecule has 0 saturated carbocycles. The molecule has 0 aromatic heterocycles. The van der Waals surface area contributed by atoms with E-state index in [-0.39, 0.29) is 24.7 Å². The average molecular weight is 307 g/mol. The zero-order valence-corrected chi connectivity index (χ0v) is 12.6. The SMILES string of the molecule is COc1ccc(N)c(NC(=O)CCC(=O)N2CCOCC2)c1. The second kappa shape index (κ2) is 7.65. The van der Waals surface area contributed by atoms with E-state index in [0.29, 0.717) is 43.4 Å². The van der Waals surface area contributed by atoms with Crippen molar-refractivity contribution < 1.29 is 19.1 Å². The van der Waals surface area contributed by atoms with Gasteiger partial charge in [0.15, 0.2) is 0 Å². The van der Waals surface area contributed by atoms with E-state index in [4.69, 9.17) is 15.2 Å². The molecule has 0 radical (unpaired) electrons. The number of methoxy groups -OCH3 is 1. The first-order valence-corrected chi connectivity index (χ1v) is 7.19. The highest BCUT2D eigenvalue weighted by atomic mass is 16.5. The summed E-state index contributed by atoms with van der Waals surface area (Å²) in [6.07, 6.45) is 0.294. The van der Waals surface area contributed by atoms with Crippen molar-refractivity contribution in [2.24, 2.45) is 0 Å². The summed E-state index contributed by atoms with van der Waals surface area (Å²) in [7, 11) is 1.54. The second-order valence-electron chi connectivity index (χ2n) is 4.99. The van der Waals surface area contributed by atoms with Crippen molar-refractivity contribution in [3.63, 3.8) is 0 Å². The molecule has 0 spiro atoms. The fraction of sp³-hybridized carbons (Fsp3) is 0.467. The third-order valence-electron chi connectivity index (χ3n) is 3.46. The summed E-state index contributed by atoms with van der Waals surface area (Å²) in [6, 6.07) is 5.03. The Morgan fingerprint density at radius 1 is 1.32 bits per heavy atom. The van der Waals surface area contributed by atoms with E-state index in [1.165, 1.54) is 7.11 Å². The first-order valence-electron chi connectivity index (χ1n) is 7.19. The van der Waals surface area contributed by atoms with Gasteiger partial charge in [-0.3, -0.25) is 9.59 Å². The quantitative estimate of drug-likeness (QED) is 0.787. The van der Waals surface area contributed by atoms with Gasteiger partial charge >= 0.3 is 0 Å². The van der Waals surface area contributed by atoms with Crippen LogP contribution < -0.4 is 15.8 Å². The van der Waals surface area contributed by atoms with Crippen LogP contribution >= 0.6 is 0 Å². The van der Waals surface area contributed by atoms with Gasteiger partial charge in [-0.1, -0.05) is 0 Å². The van der Waals surface area contributed by atoms with E-state index in [9.17, 15) is 9.59 Å². The molecule has 120 valence electrons. The summed E-state index contributed by atoms with van der Waals surface area (Å²) in [4.78, 5) is 25.6. The van der Waals surface area contributed by atoms with Crippen molar-refractivity contribution >= 4 is 23.2 Å². The summed E-state index contributed by atoms with van der Waals surface area (Å²) < 4.78 is 10.3. The standard InChI is InChI=1S/C15H21N3O4/c1-21-11-2-3-12(16)13(10-11)17-14(19)4-5-15(20)18-6-8-22-9-7-18/h2-3,10H,4-9,16H2,1H3,(H,17,19). The van der Waals surface area contributed by atoms with E-state index >= 15 is 0 Å². The predicted molar refractivity (Wildman–Crippen MR) is 82.7 cm³/mol. The van der Waals surface area contributed by atoms with Crippen molar-refractivity contribution in [2.45, 2.75) is 12.8 Å². The molecule has 0 unspecified atom stereocenters. The lowest BCUT2D eigenvalue weighted by atomic mass is 10.2. The number of amides is 2. The van der Waals surface area contributed by atoms with Gasteiger partial charge in [-0.05, 0) is 12.1 Å². The van der Waals surface area contributed by atoms with Gasteiger partial charge in [-0.15, -0.1) is 0 Å². The first kappa shape index (κ1) is 16.1. The lowest BCUT2D eigenvalue weighted by Gasteiger charge is -2.26. The van der Waals surface area contributed by atoms with Crippen LogP contribution in [-0.2, 0) is 14.3 Å². The maximum atomic E-state index is 12.0. The minimum atomic E-state index is -0.249. The molecule has 1 heterocycles. The fourth-order valence-electron chi connectivity index (χ4n) is 2.17. The van der Waals surface area contributed by atoms with Crippen molar-refractivity contribution in [1.29, 1.82) is 0 Å². The van der Waals surface area contributed by atoms with Crippen LogP contribution in [0.1, 0.15) is 12.8 Å². The monoisotopic (exact) mass is 307 g/mol. The molecule has 0 bridgehead atoms. The maximum Gasteiger partial charge on any atom is 0.224 e. The van der Waals surface area contributed by atoms with Crippen LogP contribution in [0.25, 0.3) is 0 Å². The summed E-state index contributed by atoms with van der Waals surface area (Å²) in [5.74, 6) is 0.326. The van der Waals surface area contributed by atoms with E-state index in [1.807, 2.05) is 0 Å². The highest BCUT2D eigenvalue weighted by Crippen LogP contribution is 2.24. The Hall–Kier alpha value is -2.28. The van der Waals surface area contributed by atoms with Crippen LogP contribution in [0.2, 0.25) is 0 Å². The third kappa shape index (κ3) is 4.36. The van der Waals surface area contributed by atoms with Gasteiger partial charge in [0.25, 0.3) is 0 Å². The lowest BCUT2D eigenvalue weighted by molar-refractivity contribution is -0.136. The lowest BCUT2D eigenvalue weighted by Crippen LogP contribution is -2.40. The molecule has 0 aliphatic carbocycles. The maximum absolute atomic E-state index is 12.0. The van der Waals surface area contributed by atoms with Gasteiger partial charge in [0.2, 0.25) is 11.8 Å². The van der Waals surface area contributed by atoms with E-state index in [1.54, 1.807) is 23.1 Å². The van der Waals surface area contributed by atoms with E-state index < -0.39 is 0 Å². The molecule has 1 aromatic carbocycles. The number of ether oxygens (including phenoxy) is 2. The van der Waals surface area contributed by atoms with Crippen LogP contribution in [-0.4, -0.2) is 50.1 Å².